The number of sulfonamides is 1. The number of aromatic nitrogens is 3. The van der Waals surface area contributed by atoms with Crippen LogP contribution in [-0.4, -0.2) is 72.8 Å². The van der Waals surface area contributed by atoms with Crippen molar-refractivity contribution in [3.63, 3.8) is 0 Å². The van der Waals surface area contributed by atoms with E-state index in [4.69, 9.17) is 31.3 Å². The topological polar surface area (TPSA) is 273 Å². The van der Waals surface area contributed by atoms with Crippen LogP contribution in [0.15, 0.2) is 175 Å². The van der Waals surface area contributed by atoms with Crippen molar-refractivity contribution in [2.75, 3.05) is 27.3 Å². The molecule has 11 aromatic rings. The van der Waals surface area contributed by atoms with Gasteiger partial charge in [-0.25, -0.2) is 22.8 Å². The number of benzene rings is 9. The Bertz CT molecular complexity index is 5140. The third kappa shape index (κ3) is 18.1. The molecule has 0 aliphatic carbocycles. The lowest BCUT2D eigenvalue weighted by molar-refractivity contribution is 0.0947. The number of aromatic amines is 1. The lowest BCUT2D eigenvalue weighted by Gasteiger charge is -2.33. The van der Waals surface area contributed by atoms with Crippen molar-refractivity contribution in [2.24, 2.45) is 5.41 Å². The van der Waals surface area contributed by atoms with Crippen LogP contribution in [0.2, 0.25) is 5.15 Å². The summed E-state index contributed by atoms with van der Waals surface area (Å²) in [5.74, 6) is 1.32. The number of aromatic hydroxyl groups is 2. The minimum Gasteiger partial charge on any atom is -0.507 e. The smallest absolute Gasteiger partial charge is 0.316 e. The number of nitrogens with zero attached hydrogens (tertiary/aromatic N) is 3. The SMILES string of the molecule is Cc1ccc(OCCCNC(=O)c2ccc3c(NS(=O)(=O)c4ccccc4)cccc3c2O)c(C)c1.Cc1ccc2c(C=O)cccc2c1O.[C-]#[N+]c1c(C(=O)CC)c2nc(-c3ccccc3NS(=O)Oc3cc(NS(=O)Oc4cc(C(C)(C)CC(C)(C)C)ccc4C)ccc3C)[nH]n2c1Cl. The van der Waals surface area contributed by atoms with Crippen LogP contribution < -0.4 is 32.6 Å². The molecule has 0 radical (unpaired) electrons. The first kappa shape index (κ1) is 74.7. The van der Waals surface area contributed by atoms with Gasteiger partial charge in [-0.05, 0) is 146 Å². The number of amides is 1. The first-order chi connectivity index (χ1) is 48.0. The number of halogens is 1. The molecule has 0 aliphatic heterocycles. The van der Waals surface area contributed by atoms with E-state index in [1.165, 1.54) is 28.3 Å². The highest BCUT2D eigenvalue weighted by Gasteiger charge is 2.29. The molecule has 101 heavy (non-hydrogen) atoms. The Labute approximate surface area is 597 Å². The van der Waals surface area contributed by atoms with Crippen molar-refractivity contribution in [3.8, 4) is 40.1 Å². The molecule has 2 aromatic heterocycles. The first-order valence-electron chi connectivity index (χ1n) is 32.2. The van der Waals surface area contributed by atoms with Gasteiger partial charge in [0.1, 0.15) is 33.9 Å². The number of ketones is 1. The number of hydrogen-bond donors (Lipinski definition) is 7. The van der Waals surface area contributed by atoms with Gasteiger partial charge < -0.3 is 28.6 Å². The molecule has 11 rings (SSSR count). The van der Waals surface area contributed by atoms with Gasteiger partial charge >= 0.3 is 22.5 Å². The Kier molecular flexibility index (Phi) is 23.8. The normalized spacial score (nSPS) is 12.0. The second-order valence-corrected chi connectivity index (χ2v) is 29.6. The number of carbonyl (C=O) groups is 3. The van der Waals surface area contributed by atoms with Gasteiger partial charge in [0.15, 0.2) is 23.5 Å². The van der Waals surface area contributed by atoms with Gasteiger partial charge in [0.2, 0.25) is 5.69 Å². The summed E-state index contributed by atoms with van der Waals surface area (Å²) < 4.78 is 79.1. The summed E-state index contributed by atoms with van der Waals surface area (Å²) in [4.78, 5) is 44.3. The number of nitrogens with one attached hydrogen (secondary N) is 5. The largest absolute Gasteiger partial charge is 0.507 e. The van der Waals surface area contributed by atoms with E-state index in [1.807, 2.05) is 70.2 Å². The molecule has 2 unspecified atom stereocenters. The predicted octanol–water partition coefficient (Wildman–Crippen LogP) is 17.4. The van der Waals surface area contributed by atoms with Gasteiger partial charge in [-0.3, -0.25) is 33.6 Å². The summed E-state index contributed by atoms with van der Waals surface area (Å²) in [6, 6.07) is 49.0. The van der Waals surface area contributed by atoms with E-state index in [1.54, 1.807) is 111 Å². The molecular formula is C77H79ClN8O12S3. The van der Waals surface area contributed by atoms with E-state index in [-0.39, 0.29) is 72.8 Å². The maximum Gasteiger partial charge on any atom is 0.316 e. The number of Topliss-reactive ketones (excluding diaryl/α,β-unsaturated/α-hetero) is 1. The molecule has 7 N–H and O–H groups in total. The summed E-state index contributed by atoms with van der Waals surface area (Å²) in [7, 11) is -3.81. The van der Waals surface area contributed by atoms with Crippen molar-refractivity contribution in [2.45, 2.75) is 106 Å². The Balaban J connectivity index is 0.000000204. The molecule has 524 valence electrons. The highest BCUT2D eigenvalue weighted by molar-refractivity contribution is 7.92. The molecular weight excluding hydrogens is 1360 g/mol. The lowest BCUT2D eigenvalue weighted by Crippen LogP contribution is -2.25. The van der Waals surface area contributed by atoms with E-state index in [2.05, 4.69) is 81.2 Å². The van der Waals surface area contributed by atoms with E-state index < -0.39 is 38.5 Å². The molecule has 9 aromatic carbocycles. The number of fused-ring (bicyclic) bond motifs is 3. The third-order valence-corrected chi connectivity index (χ3v) is 19.6. The minimum atomic E-state index is -3.81. The van der Waals surface area contributed by atoms with Crippen LogP contribution in [0.5, 0.6) is 28.7 Å². The van der Waals surface area contributed by atoms with Crippen molar-refractivity contribution < 1.29 is 54.5 Å². The molecule has 2 heterocycles. The number of ether oxygens (including phenoxy) is 1. The molecule has 20 nitrogen and oxygen atoms in total. The minimum absolute atomic E-state index is 0.0391. The zero-order valence-corrected chi connectivity index (χ0v) is 60.9. The molecule has 0 saturated heterocycles. The van der Waals surface area contributed by atoms with Crippen LogP contribution in [0.4, 0.5) is 22.7 Å². The highest BCUT2D eigenvalue weighted by atomic mass is 35.5. The van der Waals surface area contributed by atoms with Crippen LogP contribution in [0, 0.1) is 46.6 Å². The average molecular weight is 1440 g/mol. The van der Waals surface area contributed by atoms with Gasteiger partial charge in [-0.1, -0.05) is 168 Å². The third-order valence-electron chi connectivity index (χ3n) is 16.4. The van der Waals surface area contributed by atoms with Crippen LogP contribution in [-0.2, 0) is 38.0 Å². The van der Waals surface area contributed by atoms with Gasteiger partial charge in [0.25, 0.3) is 15.9 Å². The van der Waals surface area contributed by atoms with E-state index in [0.717, 1.165) is 51.5 Å². The number of phenols is 2. The Morgan fingerprint density at radius 2 is 1.33 bits per heavy atom. The van der Waals surface area contributed by atoms with Crippen LogP contribution in [0.3, 0.4) is 0 Å². The summed E-state index contributed by atoms with van der Waals surface area (Å²) in [6.45, 7) is 30.6. The number of hydrogen-bond acceptors (Lipinski definition) is 13. The lowest BCUT2D eigenvalue weighted by atomic mass is 9.72. The fourth-order valence-corrected chi connectivity index (χ4v) is 14.4. The molecule has 1 amide bonds. The molecule has 0 saturated carbocycles. The number of phenolic OH excluding ortho intramolecular Hbond substituents is 2. The monoisotopic (exact) mass is 1440 g/mol. The van der Waals surface area contributed by atoms with Crippen molar-refractivity contribution in [1.82, 2.24) is 19.9 Å². The highest BCUT2D eigenvalue weighted by Crippen LogP contribution is 2.41. The quantitative estimate of drug-likeness (QED) is 0.0136. The van der Waals surface area contributed by atoms with Gasteiger partial charge in [0, 0.05) is 46.3 Å². The number of anilines is 3. The molecule has 24 heteroatoms. The molecule has 0 bridgehead atoms. The standard InChI is InChI=1S/C37H41ClN6O5S2.C28H28N2O5S.C12H10O2/c1-10-28(45)31-32(39-9)33(38)44-35(31)40-34(41-44)26-13-11-12-14-27(26)43-51(47)49-30-20-25(18-16-23(30)3)42-50(46)48-29-19-24(17-15-22(29)2)37(7,8)21-36(4,5)6;1-19-12-15-26(20(2)18-19)35-17-7-16-29-28(32)24-14-13-22-23(27(24)31)10-6-11-25(22)30-36(33,34)21-8-4-3-5-9-21;1-8-5-6-10-9(7-13)3-2-4-11(10)12(8)14/h11-20,42-43H,10,21H2,1-8H3,(H,40,41);3-6,8-15,18,30-31H,7,16-17H2,1-2H3,(H,29,32);2-7,14H,1H3. The second-order valence-electron chi connectivity index (χ2n) is 25.9. The van der Waals surface area contributed by atoms with E-state index in [0.29, 0.717) is 75.7 Å². The van der Waals surface area contributed by atoms with Crippen LogP contribution in [0.1, 0.15) is 125 Å². The van der Waals surface area contributed by atoms with E-state index >= 15 is 0 Å². The first-order valence-corrected chi connectivity index (χ1v) is 36.2. The summed E-state index contributed by atoms with van der Waals surface area (Å²) in [6.07, 6.45) is 2.54. The maximum atomic E-state index is 13.3. The van der Waals surface area contributed by atoms with Crippen molar-refractivity contribution in [1.29, 1.82) is 0 Å². The van der Waals surface area contributed by atoms with Crippen molar-refractivity contribution in [3.05, 3.63) is 236 Å². The maximum absolute atomic E-state index is 13.3. The van der Waals surface area contributed by atoms with Crippen molar-refractivity contribution >= 4 is 112 Å². The Morgan fingerprint density at radius 1 is 0.693 bits per heavy atom. The summed E-state index contributed by atoms with van der Waals surface area (Å²) in [5, 5.41) is 28.8. The fraction of sp³-hybridized carbons (Fsp3) is 0.234. The number of aldehydes is 1. The predicted molar refractivity (Wildman–Crippen MR) is 402 cm³/mol. The Hall–Kier alpha value is -10.5. The second kappa shape index (κ2) is 32.2. The van der Waals surface area contributed by atoms with Gasteiger partial charge in [0.05, 0.1) is 46.3 Å². The van der Waals surface area contributed by atoms with Crippen LogP contribution in [0.25, 0.3) is 43.4 Å². The van der Waals surface area contributed by atoms with Gasteiger partial charge in [-0.2, -0.15) is 8.42 Å². The summed E-state index contributed by atoms with van der Waals surface area (Å²) >= 11 is 2.42. The Morgan fingerprint density at radius 3 is 2.01 bits per heavy atom. The average Bonchev–Trinajstić information content (AvgIpc) is 1.61. The number of H-pyrrole nitrogens is 1. The zero-order valence-electron chi connectivity index (χ0n) is 57.7. The number of rotatable bonds is 23. The molecule has 0 fully saturated rings. The van der Waals surface area contributed by atoms with Crippen LogP contribution >= 0.6 is 11.6 Å². The zero-order chi connectivity index (χ0) is 73.1. The molecule has 2 atom stereocenters. The van der Waals surface area contributed by atoms with Gasteiger partial charge in [-0.15, -0.1) is 0 Å². The molecule has 0 aliphatic rings. The number of para-hydroxylation sites is 1. The number of aryl methyl sites for hydroxylation is 5. The summed E-state index contributed by atoms with van der Waals surface area (Å²) in [5.41, 5.74) is 8.53. The fourth-order valence-electron chi connectivity index (χ4n) is 11.6. The molecule has 0 spiro atoms. The number of carbonyl (C=O) groups excluding carboxylic acids is 3. The van der Waals surface area contributed by atoms with E-state index in [9.17, 15) is 41.4 Å².